The fourth-order valence-corrected chi connectivity index (χ4v) is 1.31. The van der Waals surface area contributed by atoms with Crippen LogP contribution in [0.25, 0.3) is 0 Å². The van der Waals surface area contributed by atoms with Crippen molar-refractivity contribution in [3.63, 3.8) is 0 Å². The number of nitrogens with zero attached hydrogens (tertiary/aromatic N) is 1. The highest BCUT2D eigenvalue weighted by atomic mass is 32.1. The summed E-state index contributed by atoms with van der Waals surface area (Å²) in [4.78, 5) is 11.1. The quantitative estimate of drug-likeness (QED) is 0.619. The predicted molar refractivity (Wildman–Crippen MR) is 54.3 cm³/mol. The lowest BCUT2D eigenvalue weighted by Crippen LogP contribution is -2.07. The van der Waals surface area contributed by atoms with E-state index in [1.54, 1.807) is 13.0 Å². The van der Waals surface area contributed by atoms with Crippen molar-refractivity contribution in [3.8, 4) is 6.07 Å². The first-order chi connectivity index (χ1) is 7.11. The second-order valence-corrected chi connectivity index (χ2v) is 3.10. The number of carbonyl (C=O) groups is 1. The summed E-state index contributed by atoms with van der Waals surface area (Å²) in [5.41, 5.74) is -0.121. The first kappa shape index (κ1) is 11.5. The lowest BCUT2D eigenvalue weighted by molar-refractivity contribution is 0.0521. The van der Waals surface area contributed by atoms with Crippen molar-refractivity contribution in [1.29, 1.82) is 5.26 Å². The molecule has 0 unspecified atom stereocenters. The topological polar surface area (TPSA) is 50.1 Å². The summed E-state index contributed by atoms with van der Waals surface area (Å²) in [6.07, 6.45) is 0. The maximum atomic E-state index is 13.4. The average molecular weight is 225 g/mol. The molecule has 0 aromatic heterocycles. The summed E-state index contributed by atoms with van der Waals surface area (Å²) in [6.45, 7) is 1.85. The molecule has 78 valence electrons. The van der Waals surface area contributed by atoms with Crippen molar-refractivity contribution in [3.05, 3.63) is 29.1 Å². The Hall–Kier alpha value is -1.54. The monoisotopic (exact) mass is 225 g/mol. The molecule has 0 heterocycles. The largest absolute Gasteiger partial charge is 0.462 e. The molecule has 1 aromatic rings. The van der Waals surface area contributed by atoms with Crippen LogP contribution < -0.4 is 0 Å². The Bertz CT molecular complexity index is 440. The van der Waals surface area contributed by atoms with E-state index in [2.05, 4.69) is 12.6 Å². The van der Waals surface area contributed by atoms with Gasteiger partial charge in [0.05, 0.1) is 22.6 Å². The molecule has 0 radical (unpaired) electrons. The number of hydrogen-bond donors (Lipinski definition) is 1. The smallest absolute Gasteiger partial charge is 0.339 e. The van der Waals surface area contributed by atoms with Crippen LogP contribution in [0.15, 0.2) is 17.0 Å². The number of ether oxygens (including phenoxy) is 1. The van der Waals surface area contributed by atoms with Crippen molar-refractivity contribution >= 4 is 18.6 Å². The molecular formula is C10H8FNO2S. The van der Waals surface area contributed by atoms with Crippen molar-refractivity contribution in [2.45, 2.75) is 11.8 Å². The van der Waals surface area contributed by atoms with Crippen LogP contribution in [-0.4, -0.2) is 12.6 Å². The van der Waals surface area contributed by atoms with Crippen LogP contribution >= 0.6 is 12.6 Å². The summed E-state index contributed by atoms with van der Waals surface area (Å²) in [5.74, 6) is -1.45. The molecule has 0 bridgehead atoms. The maximum absolute atomic E-state index is 13.4. The lowest BCUT2D eigenvalue weighted by Gasteiger charge is -2.05. The highest BCUT2D eigenvalue weighted by Crippen LogP contribution is 2.21. The van der Waals surface area contributed by atoms with E-state index in [-0.39, 0.29) is 22.6 Å². The van der Waals surface area contributed by atoms with Crippen LogP contribution in [0.5, 0.6) is 0 Å². The molecule has 0 saturated carbocycles. The standard InChI is InChI=1S/C10H8FNO2S/c1-2-14-10(13)7-4-3-6(5-12)8(11)9(7)15/h3-4,15H,2H2,1H3. The van der Waals surface area contributed by atoms with Gasteiger partial charge < -0.3 is 4.74 Å². The molecule has 0 N–H and O–H groups in total. The molecule has 0 saturated heterocycles. The van der Waals surface area contributed by atoms with E-state index in [1.807, 2.05) is 0 Å². The minimum Gasteiger partial charge on any atom is -0.462 e. The molecule has 0 fully saturated rings. The number of carbonyl (C=O) groups excluding carboxylic acids is 1. The van der Waals surface area contributed by atoms with Crippen LogP contribution in [0.4, 0.5) is 4.39 Å². The van der Waals surface area contributed by atoms with Gasteiger partial charge in [-0.15, -0.1) is 12.6 Å². The zero-order chi connectivity index (χ0) is 11.4. The summed E-state index contributed by atoms with van der Waals surface area (Å²) in [7, 11) is 0. The molecular weight excluding hydrogens is 217 g/mol. The van der Waals surface area contributed by atoms with E-state index in [0.29, 0.717) is 0 Å². The fraction of sp³-hybridized carbons (Fsp3) is 0.200. The summed E-state index contributed by atoms with van der Waals surface area (Å²) in [5, 5.41) is 8.54. The third-order valence-corrected chi connectivity index (χ3v) is 2.17. The molecule has 0 atom stereocenters. The zero-order valence-electron chi connectivity index (χ0n) is 7.95. The molecule has 0 aliphatic carbocycles. The molecule has 0 spiro atoms. The number of rotatable bonds is 2. The first-order valence-corrected chi connectivity index (χ1v) is 4.65. The first-order valence-electron chi connectivity index (χ1n) is 4.20. The Morgan fingerprint density at radius 2 is 2.33 bits per heavy atom. The number of nitriles is 1. The molecule has 3 nitrogen and oxygen atoms in total. The number of hydrogen-bond acceptors (Lipinski definition) is 4. The molecule has 5 heteroatoms. The molecule has 1 aromatic carbocycles. The minimum absolute atomic E-state index is 0.0247. The fourth-order valence-electron chi connectivity index (χ4n) is 1.02. The van der Waals surface area contributed by atoms with Gasteiger partial charge in [0.15, 0.2) is 5.82 Å². The highest BCUT2D eigenvalue weighted by molar-refractivity contribution is 7.80. The third-order valence-electron chi connectivity index (χ3n) is 1.73. The van der Waals surface area contributed by atoms with Gasteiger partial charge in [0, 0.05) is 0 Å². The second kappa shape index (κ2) is 4.80. The van der Waals surface area contributed by atoms with E-state index in [1.165, 1.54) is 12.1 Å². The Morgan fingerprint density at radius 1 is 1.67 bits per heavy atom. The summed E-state index contributed by atoms with van der Waals surface area (Å²) >= 11 is 3.84. The van der Waals surface area contributed by atoms with Crippen LogP contribution in [0, 0.1) is 17.1 Å². The number of benzene rings is 1. The molecule has 15 heavy (non-hydrogen) atoms. The van der Waals surface area contributed by atoms with Crippen LogP contribution in [0.3, 0.4) is 0 Å². The number of esters is 1. The Kier molecular flexibility index (Phi) is 3.69. The van der Waals surface area contributed by atoms with E-state index < -0.39 is 11.8 Å². The van der Waals surface area contributed by atoms with Crippen molar-refractivity contribution < 1.29 is 13.9 Å². The second-order valence-electron chi connectivity index (χ2n) is 2.66. The van der Waals surface area contributed by atoms with Gasteiger partial charge in [-0.2, -0.15) is 5.26 Å². The van der Waals surface area contributed by atoms with Gasteiger partial charge in [0.2, 0.25) is 0 Å². The lowest BCUT2D eigenvalue weighted by atomic mass is 10.1. The van der Waals surface area contributed by atoms with Crippen molar-refractivity contribution in [1.82, 2.24) is 0 Å². The van der Waals surface area contributed by atoms with Crippen LogP contribution in [0.2, 0.25) is 0 Å². The van der Waals surface area contributed by atoms with Crippen molar-refractivity contribution in [2.24, 2.45) is 0 Å². The van der Waals surface area contributed by atoms with Gasteiger partial charge in [0.1, 0.15) is 6.07 Å². The Balaban J connectivity index is 3.19. The Labute approximate surface area is 91.9 Å². The predicted octanol–water partition coefficient (Wildman–Crippen LogP) is 2.16. The average Bonchev–Trinajstić information content (AvgIpc) is 2.22. The van der Waals surface area contributed by atoms with E-state index in [0.717, 1.165) is 0 Å². The normalized spacial score (nSPS) is 9.47. The highest BCUT2D eigenvalue weighted by Gasteiger charge is 2.16. The van der Waals surface area contributed by atoms with E-state index >= 15 is 0 Å². The van der Waals surface area contributed by atoms with Gasteiger partial charge >= 0.3 is 5.97 Å². The minimum atomic E-state index is -0.800. The summed E-state index contributed by atoms with van der Waals surface area (Å²) in [6, 6.07) is 4.20. The van der Waals surface area contributed by atoms with E-state index in [4.69, 9.17) is 10.00 Å². The van der Waals surface area contributed by atoms with Gasteiger partial charge in [-0.1, -0.05) is 0 Å². The Morgan fingerprint density at radius 3 is 2.87 bits per heavy atom. The SMILES string of the molecule is CCOC(=O)c1ccc(C#N)c(F)c1S. The molecule has 1 rings (SSSR count). The van der Waals surface area contributed by atoms with Gasteiger partial charge in [-0.25, -0.2) is 9.18 Å². The molecule has 0 aliphatic rings. The summed E-state index contributed by atoms with van der Waals surface area (Å²) < 4.78 is 18.1. The van der Waals surface area contributed by atoms with Crippen LogP contribution in [-0.2, 0) is 4.74 Å². The molecule has 0 amide bonds. The van der Waals surface area contributed by atoms with Crippen LogP contribution in [0.1, 0.15) is 22.8 Å². The van der Waals surface area contributed by atoms with Gasteiger partial charge in [-0.3, -0.25) is 0 Å². The maximum Gasteiger partial charge on any atom is 0.339 e. The zero-order valence-corrected chi connectivity index (χ0v) is 8.85. The number of thiol groups is 1. The van der Waals surface area contributed by atoms with Gasteiger partial charge in [-0.05, 0) is 19.1 Å². The van der Waals surface area contributed by atoms with Crippen molar-refractivity contribution in [2.75, 3.05) is 6.61 Å². The van der Waals surface area contributed by atoms with Gasteiger partial charge in [0.25, 0.3) is 0 Å². The molecule has 0 aliphatic heterocycles. The van der Waals surface area contributed by atoms with E-state index in [9.17, 15) is 9.18 Å². The number of halogens is 1. The third kappa shape index (κ3) is 2.28.